The Kier molecular flexibility index (Phi) is 4.23. The van der Waals surface area contributed by atoms with Crippen LogP contribution in [-0.2, 0) is 20.8 Å². The van der Waals surface area contributed by atoms with Crippen LogP contribution >= 0.6 is 0 Å². The molecular weight excluding hydrogens is 214 g/mol. The summed E-state index contributed by atoms with van der Waals surface area (Å²) in [5.74, 6) is -0.000139. The summed E-state index contributed by atoms with van der Waals surface area (Å²) in [6.45, 7) is 3.82. The average Bonchev–Trinajstić information content (AvgIpc) is 2.15. The fourth-order valence-electron chi connectivity index (χ4n) is 1.14. The number of aromatic nitrogens is 1. The fourth-order valence-corrected chi connectivity index (χ4v) is 2.26. The molecule has 0 aliphatic rings. The molecule has 0 aromatic carbocycles. The topological polar surface area (TPSA) is 47.3 Å². The van der Waals surface area contributed by atoms with Crippen molar-refractivity contribution in [1.29, 1.82) is 0 Å². The molecule has 0 bridgehead atoms. The maximum Gasteiger partial charge on any atom is 0.273 e. The van der Waals surface area contributed by atoms with Gasteiger partial charge in [0.1, 0.15) is 5.75 Å². The Bertz CT molecular complexity index is 386. The van der Waals surface area contributed by atoms with Gasteiger partial charge in [0.2, 0.25) is 0 Å². The van der Waals surface area contributed by atoms with Gasteiger partial charge < -0.3 is 0 Å². The van der Waals surface area contributed by atoms with E-state index in [0.717, 1.165) is 0 Å². The third-order valence-corrected chi connectivity index (χ3v) is 3.08. The molecule has 4 nitrogen and oxygen atoms in total. The molecule has 5 heteroatoms. The maximum absolute atomic E-state index is 11.4. The molecule has 0 spiro atoms. The lowest BCUT2D eigenvalue weighted by Crippen LogP contribution is -2.36. The largest absolute Gasteiger partial charge is 0.273 e. The summed E-state index contributed by atoms with van der Waals surface area (Å²) < 4.78 is 29.4. The molecule has 0 saturated carbocycles. The van der Waals surface area contributed by atoms with Gasteiger partial charge in [0, 0.05) is 12.1 Å². The van der Waals surface area contributed by atoms with Crippen molar-refractivity contribution < 1.29 is 17.2 Å². The Morgan fingerprint density at radius 1 is 1.20 bits per heavy atom. The van der Waals surface area contributed by atoms with E-state index in [2.05, 4.69) is 0 Å². The van der Waals surface area contributed by atoms with Gasteiger partial charge in [-0.05, 0) is 13.8 Å². The van der Waals surface area contributed by atoms with Crippen molar-refractivity contribution in [1.82, 2.24) is 0 Å². The number of hydrogen-bond donors (Lipinski definition) is 0. The fraction of sp³-hybridized carbons (Fsp3) is 0.500. The molecule has 1 aromatic rings. The van der Waals surface area contributed by atoms with E-state index in [1.807, 2.05) is 30.6 Å². The highest BCUT2D eigenvalue weighted by molar-refractivity contribution is 7.86. The molecule has 0 fully saturated rings. The third kappa shape index (κ3) is 4.90. The maximum atomic E-state index is 11.4. The van der Waals surface area contributed by atoms with Crippen LogP contribution in [0, 0.1) is 0 Å². The third-order valence-electron chi connectivity index (χ3n) is 1.72. The van der Waals surface area contributed by atoms with Gasteiger partial charge in [-0.15, -0.1) is 0 Å². The molecule has 1 heterocycles. The quantitative estimate of drug-likeness (QED) is 0.553. The number of hydrogen-bond acceptors (Lipinski definition) is 3. The standard InChI is InChI=1S/C10H16NO3S/c1-10(2)14-15(12,13)9-8-11-6-4-3-5-7-11/h3-7,10H,8-9H2,1-2H3/q+1. The van der Waals surface area contributed by atoms with Gasteiger partial charge in [0.05, 0.1) is 6.10 Å². The van der Waals surface area contributed by atoms with Gasteiger partial charge in [0.25, 0.3) is 10.1 Å². The Balaban J connectivity index is 2.50. The van der Waals surface area contributed by atoms with Gasteiger partial charge in [-0.1, -0.05) is 6.07 Å². The molecule has 0 saturated heterocycles. The highest BCUT2D eigenvalue weighted by atomic mass is 32.2. The lowest BCUT2D eigenvalue weighted by molar-refractivity contribution is -0.692. The van der Waals surface area contributed by atoms with E-state index in [-0.39, 0.29) is 11.9 Å². The van der Waals surface area contributed by atoms with E-state index in [0.29, 0.717) is 6.54 Å². The second kappa shape index (κ2) is 5.23. The van der Waals surface area contributed by atoms with Crippen LogP contribution in [0.3, 0.4) is 0 Å². The molecule has 0 aliphatic carbocycles. The molecule has 0 unspecified atom stereocenters. The monoisotopic (exact) mass is 230 g/mol. The summed E-state index contributed by atoms with van der Waals surface area (Å²) in [4.78, 5) is 0. The number of aryl methyl sites for hydroxylation is 1. The second-order valence-corrected chi connectivity index (χ2v) is 5.24. The lowest BCUT2D eigenvalue weighted by Gasteiger charge is -2.06. The van der Waals surface area contributed by atoms with Gasteiger partial charge >= 0.3 is 0 Å². The minimum atomic E-state index is -3.40. The molecule has 0 atom stereocenters. The van der Waals surface area contributed by atoms with Crippen molar-refractivity contribution in [3.8, 4) is 0 Å². The van der Waals surface area contributed by atoms with Crippen molar-refractivity contribution >= 4 is 10.1 Å². The SMILES string of the molecule is CC(C)OS(=O)(=O)CC[n+]1ccccc1. The van der Waals surface area contributed by atoms with Crippen LogP contribution in [0.25, 0.3) is 0 Å². The van der Waals surface area contributed by atoms with Crippen molar-refractivity contribution in [3.63, 3.8) is 0 Å². The summed E-state index contributed by atoms with van der Waals surface area (Å²) in [5.41, 5.74) is 0. The van der Waals surface area contributed by atoms with Crippen LogP contribution in [0.15, 0.2) is 30.6 Å². The lowest BCUT2D eigenvalue weighted by atomic mass is 10.5. The summed E-state index contributed by atoms with van der Waals surface area (Å²) in [6, 6.07) is 5.60. The minimum Gasteiger partial charge on any atom is -0.267 e. The van der Waals surface area contributed by atoms with Crippen molar-refractivity contribution in [2.45, 2.75) is 26.5 Å². The Morgan fingerprint density at radius 3 is 2.33 bits per heavy atom. The van der Waals surface area contributed by atoms with E-state index >= 15 is 0 Å². The minimum absolute atomic E-state index is 0.000139. The predicted octanol–water partition coefficient (Wildman–Crippen LogP) is 0.729. The van der Waals surface area contributed by atoms with Crippen LogP contribution in [0.2, 0.25) is 0 Å². The van der Waals surface area contributed by atoms with E-state index in [1.54, 1.807) is 18.4 Å². The van der Waals surface area contributed by atoms with E-state index < -0.39 is 10.1 Å². The Hall–Kier alpha value is -0.940. The first kappa shape index (κ1) is 12.1. The van der Waals surface area contributed by atoms with Crippen LogP contribution in [0.5, 0.6) is 0 Å². The Morgan fingerprint density at radius 2 is 1.80 bits per heavy atom. The molecule has 0 amide bonds. The van der Waals surface area contributed by atoms with E-state index in [9.17, 15) is 8.42 Å². The average molecular weight is 230 g/mol. The normalized spacial score (nSPS) is 11.9. The molecule has 84 valence electrons. The summed E-state index contributed by atoms with van der Waals surface area (Å²) in [5, 5.41) is 0. The molecule has 0 N–H and O–H groups in total. The van der Waals surface area contributed by atoms with E-state index in [4.69, 9.17) is 4.18 Å². The zero-order chi connectivity index (χ0) is 11.3. The van der Waals surface area contributed by atoms with Crippen LogP contribution < -0.4 is 4.57 Å². The van der Waals surface area contributed by atoms with Crippen molar-refractivity contribution in [3.05, 3.63) is 30.6 Å². The highest BCUT2D eigenvalue weighted by Gasteiger charge is 2.15. The zero-order valence-electron chi connectivity index (χ0n) is 8.96. The highest BCUT2D eigenvalue weighted by Crippen LogP contribution is 1.98. The number of nitrogens with zero attached hydrogens (tertiary/aromatic N) is 1. The van der Waals surface area contributed by atoms with E-state index in [1.165, 1.54) is 0 Å². The predicted molar refractivity (Wildman–Crippen MR) is 56.6 cm³/mol. The summed E-state index contributed by atoms with van der Waals surface area (Å²) in [6.07, 6.45) is 3.35. The molecule has 0 radical (unpaired) electrons. The number of pyridine rings is 1. The summed E-state index contributed by atoms with van der Waals surface area (Å²) in [7, 11) is -3.40. The van der Waals surface area contributed by atoms with Crippen LogP contribution in [0.1, 0.15) is 13.8 Å². The van der Waals surface area contributed by atoms with Crippen LogP contribution in [-0.4, -0.2) is 20.3 Å². The van der Waals surface area contributed by atoms with Gasteiger partial charge in [0.15, 0.2) is 18.9 Å². The molecule has 0 aliphatic heterocycles. The molecule has 1 rings (SSSR count). The first-order chi connectivity index (χ1) is 6.99. The van der Waals surface area contributed by atoms with Crippen LogP contribution in [0.4, 0.5) is 0 Å². The Labute approximate surface area is 90.6 Å². The first-order valence-corrected chi connectivity index (χ1v) is 6.42. The van der Waals surface area contributed by atoms with Crippen molar-refractivity contribution in [2.24, 2.45) is 0 Å². The smallest absolute Gasteiger partial charge is 0.267 e. The molecule has 15 heavy (non-hydrogen) atoms. The number of rotatable bonds is 5. The molecule has 1 aromatic heterocycles. The first-order valence-electron chi connectivity index (χ1n) is 4.85. The van der Waals surface area contributed by atoms with Gasteiger partial charge in [-0.3, -0.25) is 4.18 Å². The van der Waals surface area contributed by atoms with Crippen molar-refractivity contribution in [2.75, 3.05) is 5.75 Å². The molecular formula is C10H16NO3S+. The zero-order valence-corrected chi connectivity index (χ0v) is 9.78. The summed E-state index contributed by atoms with van der Waals surface area (Å²) >= 11 is 0. The van der Waals surface area contributed by atoms with Gasteiger partial charge in [-0.25, -0.2) is 4.57 Å². The second-order valence-electron chi connectivity index (χ2n) is 3.52. The van der Waals surface area contributed by atoms with Gasteiger partial charge in [-0.2, -0.15) is 8.42 Å².